The Morgan fingerprint density at radius 1 is 1.13 bits per heavy atom. The number of carbonyl (C=O) groups is 1. The van der Waals surface area contributed by atoms with Crippen molar-refractivity contribution in [3.8, 4) is 17.0 Å². The average Bonchev–Trinajstić information content (AvgIpc) is 2.70. The summed E-state index contributed by atoms with van der Waals surface area (Å²) in [5, 5.41) is 2.21. The number of carbonyl (C=O) groups excluding carboxylic acids is 1. The zero-order valence-corrected chi connectivity index (χ0v) is 15.5. The van der Waals surface area contributed by atoms with Gasteiger partial charge in [0, 0.05) is 17.3 Å². The van der Waals surface area contributed by atoms with Gasteiger partial charge in [-0.15, -0.1) is 0 Å². The molecule has 6 nitrogen and oxygen atoms in total. The lowest BCUT2D eigenvalue weighted by Gasteiger charge is -2.11. The van der Waals surface area contributed by atoms with E-state index in [4.69, 9.17) is 4.74 Å². The monoisotopic (exact) mass is 421 g/mol. The molecule has 0 bridgehead atoms. The van der Waals surface area contributed by atoms with Crippen LogP contribution < -0.4 is 15.6 Å². The minimum absolute atomic E-state index is 0.246. The number of alkyl halides is 3. The van der Waals surface area contributed by atoms with Crippen LogP contribution in [0.25, 0.3) is 11.3 Å². The maximum Gasteiger partial charge on any atom is 0.419 e. The van der Waals surface area contributed by atoms with Crippen LogP contribution >= 0.6 is 0 Å². The van der Waals surface area contributed by atoms with Gasteiger partial charge in [-0.05, 0) is 42.5 Å². The summed E-state index contributed by atoms with van der Waals surface area (Å²) in [5.74, 6) is -1.58. The van der Waals surface area contributed by atoms with Gasteiger partial charge in [-0.3, -0.25) is 14.2 Å². The third-order valence-electron chi connectivity index (χ3n) is 4.13. The minimum atomic E-state index is -4.90. The van der Waals surface area contributed by atoms with Gasteiger partial charge in [-0.1, -0.05) is 0 Å². The van der Waals surface area contributed by atoms with Crippen molar-refractivity contribution < 1.29 is 27.1 Å². The number of aromatic nitrogens is 2. The molecule has 0 aliphatic heterocycles. The Morgan fingerprint density at radius 3 is 2.43 bits per heavy atom. The zero-order chi connectivity index (χ0) is 21.9. The molecular formula is C20H15F4N3O3. The van der Waals surface area contributed by atoms with E-state index >= 15 is 0 Å². The normalized spacial score (nSPS) is 11.2. The smallest absolute Gasteiger partial charge is 0.419 e. The maximum absolute atomic E-state index is 13.3. The molecule has 1 aromatic heterocycles. The van der Waals surface area contributed by atoms with Crippen LogP contribution in [0.15, 0.2) is 59.7 Å². The molecular weight excluding hydrogens is 406 g/mol. The van der Waals surface area contributed by atoms with Crippen LogP contribution in [-0.2, 0) is 17.5 Å². The molecule has 0 fully saturated rings. The lowest BCUT2D eigenvalue weighted by Crippen LogP contribution is -2.27. The van der Waals surface area contributed by atoms with Gasteiger partial charge in [0.1, 0.15) is 18.1 Å². The van der Waals surface area contributed by atoms with Gasteiger partial charge in [0.2, 0.25) is 5.91 Å². The van der Waals surface area contributed by atoms with Gasteiger partial charge in [0.15, 0.2) is 0 Å². The number of nitrogens with zero attached hydrogens (tertiary/aromatic N) is 2. The summed E-state index contributed by atoms with van der Waals surface area (Å²) < 4.78 is 57.7. The Bertz CT molecular complexity index is 1130. The van der Waals surface area contributed by atoms with Crippen LogP contribution in [0.1, 0.15) is 5.56 Å². The first-order valence-corrected chi connectivity index (χ1v) is 8.55. The summed E-state index contributed by atoms with van der Waals surface area (Å²) >= 11 is 0. The highest BCUT2D eigenvalue weighted by Gasteiger charge is 2.34. The number of ether oxygens (including phenoxy) is 1. The van der Waals surface area contributed by atoms with E-state index in [0.29, 0.717) is 29.1 Å². The van der Waals surface area contributed by atoms with Gasteiger partial charge >= 0.3 is 6.18 Å². The number of rotatable bonds is 5. The van der Waals surface area contributed by atoms with Crippen molar-refractivity contribution in [2.24, 2.45) is 0 Å². The fourth-order valence-electron chi connectivity index (χ4n) is 2.64. The summed E-state index contributed by atoms with van der Waals surface area (Å²) in [7, 11) is 1.52. The Morgan fingerprint density at radius 2 is 1.83 bits per heavy atom. The Labute approximate surface area is 167 Å². The number of amides is 1. The van der Waals surface area contributed by atoms with Crippen LogP contribution in [0, 0.1) is 5.82 Å². The second kappa shape index (κ2) is 8.36. The molecule has 0 saturated heterocycles. The molecule has 156 valence electrons. The van der Waals surface area contributed by atoms with E-state index in [1.165, 1.54) is 13.2 Å². The molecule has 1 heterocycles. The number of halogens is 4. The topological polar surface area (TPSA) is 73.2 Å². The van der Waals surface area contributed by atoms with Gasteiger partial charge in [-0.25, -0.2) is 9.37 Å². The van der Waals surface area contributed by atoms with Gasteiger partial charge in [-0.2, -0.15) is 13.2 Å². The molecule has 3 rings (SSSR count). The Hall–Kier alpha value is -3.69. The van der Waals surface area contributed by atoms with E-state index in [0.717, 1.165) is 17.0 Å². The zero-order valence-electron chi connectivity index (χ0n) is 15.5. The lowest BCUT2D eigenvalue weighted by atomic mass is 10.1. The molecule has 0 aliphatic carbocycles. The molecule has 1 amide bonds. The van der Waals surface area contributed by atoms with Crippen LogP contribution in [0.4, 0.5) is 23.2 Å². The summed E-state index contributed by atoms with van der Waals surface area (Å²) in [6.07, 6.45) is -3.74. The molecule has 10 heteroatoms. The van der Waals surface area contributed by atoms with Crippen molar-refractivity contribution in [1.29, 1.82) is 0 Å². The summed E-state index contributed by atoms with van der Waals surface area (Å²) in [6, 6.07) is 10.2. The molecule has 0 spiro atoms. The molecule has 30 heavy (non-hydrogen) atoms. The summed E-state index contributed by atoms with van der Waals surface area (Å²) in [5.41, 5.74) is -1.23. The number of hydrogen-bond donors (Lipinski definition) is 1. The Kier molecular flexibility index (Phi) is 5.86. The fourth-order valence-corrected chi connectivity index (χ4v) is 2.64. The van der Waals surface area contributed by atoms with Crippen molar-refractivity contribution >= 4 is 11.6 Å². The number of methoxy groups -OCH3 is 1. The van der Waals surface area contributed by atoms with Crippen molar-refractivity contribution in [2.45, 2.75) is 12.7 Å². The number of anilines is 1. The first kappa shape index (κ1) is 21.0. The highest BCUT2D eigenvalue weighted by Crippen LogP contribution is 2.33. The highest BCUT2D eigenvalue weighted by atomic mass is 19.4. The van der Waals surface area contributed by atoms with Crippen LogP contribution in [0.3, 0.4) is 0 Å². The molecule has 0 unspecified atom stereocenters. The third-order valence-corrected chi connectivity index (χ3v) is 4.13. The average molecular weight is 421 g/mol. The number of benzene rings is 2. The number of hydrogen-bond acceptors (Lipinski definition) is 4. The van der Waals surface area contributed by atoms with E-state index in [-0.39, 0.29) is 5.69 Å². The maximum atomic E-state index is 13.3. The molecule has 0 atom stereocenters. The number of nitrogens with one attached hydrogen (secondary N) is 1. The molecule has 3 aromatic rings. The first-order chi connectivity index (χ1) is 14.2. The van der Waals surface area contributed by atoms with Crippen LogP contribution in [0.2, 0.25) is 0 Å². The standard InChI is InChI=1S/C20H15F4N3O3/c1-30-14-5-2-12(3-6-14)17-9-19(29)27(11-25-17)10-18(28)26-13-4-7-16(21)15(8-13)20(22,23)24/h2-9,11H,10H2,1H3,(H,26,28). The Balaban J connectivity index is 1.73. The second-order valence-electron chi connectivity index (χ2n) is 6.21. The quantitative estimate of drug-likeness (QED) is 0.638. The molecule has 0 saturated carbocycles. The van der Waals surface area contributed by atoms with E-state index in [2.05, 4.69) is 10.3 Å². The third kappa shape index (κ3) is 4.83. The minimum Gasteiger partial charge on any atom is -0.497 e. The van der Waals surface area contributed by atoms with E-state index in [9.17, 15) is 27.2 Å². The molecule has 2 aromatic carbocycles. The van der Waals surface area contributed by atoms with E-state index in [1.807, 2.05) is 0 Å². The first-order valence-electron chi connectivity index (χ1n) is 8.55. The summed E-state index contributed by atoms with van der Waals surface area (Å²) in [4.78, 5) is 28.5. The highest BCUT2D eigenvalue weighted by molar-refractivity contribution is 5.90. The van der Waals surface area contributed by atoms with Gasteiger partial charge in [0.25, 0.3) is 5.56 Å². The van der Waals surface area contributed by atoms with Crippen LogP contribution in [-0.4, -0.2) is 22.6 Å². The molecule has 0 aliphatic rings. The van der Waals surface area contributed by atoms with E-state index < -0.39 is 35.6 Å². The predicted octanol–water partition coefficient (Wildman–Crippen LogP) is 3.72. The van der Waals surface area contributed by atoms with Gasteiger partial charge in [0.05, 0.1) is 24.7 Å². The second-order valence-corrected chi connectivity index (χ2v) is 6.21. The van der Waals surface area contributed by atoms with Crippen molar-refractivity contribution in [1.82, 2.24) is 9.55 Å². The van der Waals surface area contributed by atoms with Gasteiger partial charge < -0.3 is 10.1 Å². The molecule has 0 radical (unpaired) electrons. The molecule has 1 N–H and O–H groups in total. The largest absolute Gasteiger partial charge is 0.497 e. The summed E-state index contributed by atoms with van der Waals surface area (Å²) in [6.45, 7) is -0.479. The predicted molar refractivity (Wildman–Crippen MR) is 101 cm³/mol. The lowest BCUT2D eigenvalue weighted by molar-refractivity contribution is -0.140. The van der Waals surface area contributed by atoms with Crippen molar-refractivity contribution in [3.63, 3.8) is 0 Å². The fraction of sp³-hybridized carbons (Fsp3) is 0.150. The van der Waals surface area contributed by atoms with Crippen LogP contribution in [0.5, 0.6) is 5.75 Å². The van der Waals surface area contributed by atoms with Crippen molar-refractivity contribution in [3.05, 3.63) is 76.6 Å². The SMILES string of the molecule is COc1ccc(-c2cc(=O)n(CC(=O)Nc3ccc(F)c(C(F)(F)F)c3)cn2)cc1. The van der Waals surface area contributed by atoms with E-state index in [1.54, 1.807) is 24.3 Å². The van der Waals surface area contributed by atoms with Crippen molar-refractivity contribution in [2.75, 3.05) is 12.4 Å².